The van der Waals surface area contributed by atoms with E-state index in [2.05, 4.69) is 17.9 Å². The van der Waals surface area contributed by atoms with Crippen LogP contribution in [0.2, 0.25) is 0 Å². The number of anilines is 1. The minimum atomic E-state index is -0.337. The van der Waals surface area contributed by atoms with E-state index in [-0.39, 0.29) is 29.4 Å². The molecule has 4 rings (SSSR count). The zero-order chi connectivity index (χ0) is 25.8. The van der Waals surface area contributed by atoms with Gasteiger partial charge in [-0.3, -0.25) is 19.1 Å². The van der Waals surface area contributed by atoms with Gasteiger partial charge in [-0.05, 0) is 61.9 Å². The van der Waals surface area contributed by atoms with E-state index >= 15 is 0 Å². The number of nitriles is 1. The molecule has 2 aliphatic heterocycles. The monoisotopic (exact) mass is 524 g/mol. The van der Waals surface area contributed by atoms with Crippen LogP contribution >= 0.6 is 24.0 Å². The fourth-order valence-corrected chi connectivity index (χ4v) is 5.89. The summed E-state index contributed by atoms with van der Waals surface area (Å²) in [6.07, 6.45) is 6.72. The van der Waals surface area contributed by atoms with E-state index in [9.17, 15) is 19.2 Å². The molecule has 9 heteroatoms. The Morgan fingerprint density at radius 1 is 1.17 bits per heavy atom. The molecule has 1 aromatic carbocycles. The SMILES string of the molecule is CCCCn1c(N2CCCCC2)c(/C=C2/SC(=S)N(Cc3ccc(F)cc3)C2=O)c(C)c(C#N)c1=O. The summed E-state index contributed by atoms with van der Waals surface area (Å²) < 4.78 is 15.5. The summed E-state index contributed by atoms with van der Waals surface area (Å²) in [5, 5.41) is 9.83. The molecule has 0 bridgehead atoms. The molecule has 0 unspecified atom stereocenters. The molecule has 3 heterocycles. The van der Waals surface area contributed by atoms with Gasteiger partial charge >= 0.3 is 0 Å². The Bertz CT molecular complexity index is 1310. The van der Waals surface area contributed by atoms with Crippen molar-refractivity contribution in [1.82, 2.24) is 9.47 Å². The Kier molecular flexibility index (Phi) is 8.27. The highest BCUT2D eigenvalue weighted by atomic mass is 32.2. The number of halogens is 1. The molecule has 2 aliphatic rings. The average Bonchev–Trinajstić information content (AvgIpc) is 3.14. The molecule has 188 valence electrons. The van der Waals surface area contributed by atoms with Gasteiger partial charge in [-0.1, -0.05) is 49.5 Å². The van der Waals surface area contributed by atoms with Crippen LogP contribution in [-0.4, -0.2) is 32.8 Å². The van der Waals surface area contributed by atoms with Crippen LogP contribution in [0.3, 0.4) is 0 Å². The number of aromatic nitrogens is 1. The van der Waals surface area contributed by atoms with Crippen molar-refractivity contribution < 1.29 is 9.18 Å². The van der Waals surface area contributed by atoms with E-state index in [0.717, 1.165) is 62.1 Å². The normalized spacial score (nSPS) is 17.2. The van der Waals surface area contributed by atoms with Gasteiger partial charge in [-0.15, -0.1) is 0 Å². The van der Waals surface area contributed by atoms with Crippen LogP contribution < -0.4 is 10.5 Å². The average molecular weight is 525 g/mol. The number of benzene rings is 1. The summed E-state index contributed by atoms with van der Waals surface area (Å²) in [6, 6.07) is 8.10. The van der Waals surface area contributed by atoms with Crippen molar-refractivity contribution in [2.24, 2.45) is 0 Å². The summed E-state index contributed by atoms with van der Waals surface area (Å²) in [7, 11) is 0. The first kappa shape index (κ1) is 26.1. The topological polar surface area (TPSA) is 69.3 Å². The number of amides is 1. The van der Waals surface area contributed by atoms with E-state index < -0.39 is 0 Å². The second kappa shape index (κ2) is 11.4. The largest absolute Gasteiger partial charge is 0.357 e. The van der Waals surface area contributed by atoms with Crippen LogP contribution in [0.15, 0.2) is 34.0 Å². The van der Waals surface area contributed by atoms with Gasteiger partial charge < -0.3 is 4.90 Å². The van der Waals surface area contributed by atoms with Crippen LogP contribution in [0, 0.1) is 24.1 Å². The van der Waals surface area contributed by atoms with Crippen molar-refractivity contribution in [3.63, 3.8) is 0 Å². The van der Waals surface area contributed by atoms with Crippen LogP contribution in [0.4, 0.5) is 10.2 Å². The molecule has 0 radical (unpaired) electrons. The number of nitrogens with zero attached hydrogens (tertiary/aromatic N) is 4. The zero-order valence-electron chi connectivity index (χ0n) is 20.6. The Labute approximate surface area is 220 Å². The second-order valence-corrected chi connectivity index (χ2v) is 10.8. The maximum absolute atomic E-state index is 13.4. The number of carbonyl (C=O) groups is 1. The highest BCUT2D eigenvalue weighted by Gasteiger charge is 2.33. The molecule has 2 aromatic rings. The third-order valence-electron chi connectivity index (χ3n) is 6.64. The molecular weight excluding hydrogens is 495 g/mol. The molecule has 2 fully saturated rings. The number of hydrogen-bond donors (Lipinski definition) is 0. The van der Waals surface area contributed by atoms with Gasteiger partial charge in [-0.25, -0.2) is 4.39 Å². The summed E-state index contributed by atoms with van der Waals surface area (Å²) in [5.41, 5.74) is 1.93. The number of thioether (sulfide) groups is 1. The summed E-state index contributed by atoms with van der Waals surface area (Å²) in [5.74, 6) is 0.216. The fraction of sp³-hybridized carbons (Fsp3) is 0.407. The molecule has 0 aliphatic carbocycles. The minimum Gasteiger partial charge on any atom is -0.357 e. The highest BCUT2D eigenvalue weighted by Crippen LogP contribution is 2.37. The van der Waals surface area contributed by atoms with E-state index in [1.165, 1.54) is 28.8 Å². The molecule has 0 spiro atoms. The number of piperidine rings is 1. The first-order valence-electron chi connectivity index (χ1n) is 12.3. The zero-order valence-corrected chi connectivity index (χ0v) is 22.2. The number of thiocarbonyl (C=S) groups is 1. The summed E-state index contributed by atoms with van der Waals surface area (Å²) in [6.45, 7) is 6.26. The third kappa shape index (κ3) is 5.25. The molecule has 0 saturated carbocycles. The third-order valence-corrected chi connectivity index (χ3v) is 8.02. The maximum atomic E-state index is 13.4. The molecular formula is C27H29FN4O2S2. The number of hydrogen-bond acceptors (Lipinski definition) is 6. The molecule has 1 aromatic heterocycles. The van der Waals surface area contributed by atoms with Crippen LogP contribution in [0.1, 0.15) is 61.3 Å². The lowest BCUT2D eigenvalue weighted by atomic mass is 10.0. The highest BCUT2D eigenvalue weighted by molar-refractivity contribution is 8.26. The minimum absolute atomic E-state index is 0.111. The number of rotatable bonds is 7. The Morgan fingerprint density at radius 2 is 1.86 bits per heavy atom. The quantitative estimate of drug-likeness (QED) is 0.359. The maximum Gasteiger partial charge on any atom is 0.270 e. The predicted octanol–water partition coefficient (Wildman–Crippen LogP) is 5.36. The fourth-order valence-electron chi connectivity index (χ4n) is 4.65. The van der Waals surface area contributed by atoms with Crippen LogP contribution in [0.25, 0.3) is 6.08 Å². The van der Waals surface area contributed by atoms with Gasteiger partial charge in [0.25, 0.3) is 11.5 Å². The number of pyridine rings is 1. The van der Waals surface area contributed by atoms with E-state index in [0.29, 0.717) is 21.3 Å². The predicted molar refractivity (Wildman–Crippen MR) is 146 cm³/mol. The number of unbranched alkanes of at least 4 members (excludes halogenated alkanes) is 1. The van der Waals surface area contributed by atoms with Crippen molar-refractivity contribution >= 4 is 46.1 Å². The first-order chi connectivity index (χ1) is 17.3. The van der Waals surface area contributed by atoms with E-state index in [1.807, 2.05) is 0 Å². The van der Waals surface area contributed by atoms with Crippen LogP contribution in [-0.2, 0) is 17.9 Å². The van der Waals surface area contributed by atoms with Gasteiger partial charge in [0.15, 0.2) is 0 Å². The van der Waals surface area contributed by atoms with Crippen molar-refractivity contribution in [3.8, 4) is 6.07 Å². The van der Waals surface area contributed by atoms with Gasteiger partial charge in [0, 0.05) is 25.2 Å². The second-order valence-electron chi connectivity index (χ2n) is 9.10. The first-order valence-corrected chi connectivity index (χ1v) is 13.5. The smallest absolute Gasteiger partial charge is 0.270 e. The molecule has 0 atom stereocenters. The van der Waals surface area contributed by atoms with E-state index in [1.54, 1.807) is 29.7 Å². The van der Waals surface area contributed by atoms with E-state index in [4.69, 9.17) is 12.2 Å². The summed E-state index contributed by atoms with van der Waals surface area (Å²) >= 11 is 6.72. The van der Waals surface area contributed by atoms with Gasteiger partial charge in [0.1, 0.15) is 27.6 Å². The van der Waals surface area contributed by atoms with Gasteiger partial charge in [0.05, 0.1) is 11.4 Å². The lowest BCUT2D eigenvalue weighted by molar-refractivity contribution is -0.122. The van der Waals surface area contributed by atoms with Gasteiger partial charge in [0.2, 0.25) is 0 Å². The standard InChI is InChI=1S/C27H29FN4O2S2/c1-3-4-14-31-24(30-12-6-5-7-13-30)21(18(2)22(16-29)25(31)33)15-23-26(34)32(27(35)36-23)17-19-8-10-20(28)11-9-19/h8-11,15H,3-7,12-14,17H2,1-2H3/b23-15+. The molecule has 0 N–H and O–H groups in total. The molecule has 2 saturated heterocycles. The Morgan fingerprint density at radius 3 is 2.50 bits per heavy atom. The molecule has 36 heavy (non-hydrogen) atoms. The van der Waals surface area contributed by atoms with Crippen molar-refractivity contribution in [1.29, 1.82) is 5.26 Å². The van der Waals surface area contributed by atoms with Gasteiger partial charge in [-0.2, -0.15) is 5.26 Å². The lowest BCUT2D eigenvalue weighted by Gasteiger charge is -2.33. The molecule has 6 nitrogen and oxygen atoms in total. The lowest BCUT2D eigenvalue weighted by Crippen LogP contribution is -2.37. The van der Waals surface area contributed by atoms with Crippen molar-refractivity contribution in [2.75, 3.05) is 18.0 Å². The molecule has 1 amide bonds. The Hall–Kier alpha value is -2.96. The van der Waals surface area contributed by atoms with Crippen molar-refractivity contribution in [2.45, 2.75) is 59.0 Å². The Balaban J connectivity index is 1.80. The van der Waals surface area contributed by atoms with Crippen molar-refractivity contribution in [3.05, 3.63) is 67.6 Å². The number of carbonyl (C=O) groups excluding carboxylic acids is 1. The van der Waals surface area contributed by atoms with Crippen LogP contribution in [0.5, 0.6) is 0 Å². The summed E-state index contributed by atoms with van der Waals surface area (Å²) in [4.78, 5) is 30.9.